The molecule has 2 aliphatic carbocycles. The first-order chi connectivity index (χ1) is 8.25. The van der Waals surface area contributed by atoms with Crippen molar-refractivity contribution in [1.82, 2.24) is 0 Å². The van der Waals surface area contributed by atoms with Gasteiger partial charge in [0.2, 0.25) is 0 Å². The summed E-state index contributed by atoms with van der Waals surface area (Å²) in [5, 5.41) is 9.13. The Morgan fingerprint density at radius 3 is 2.50 bits per heavy atom. The van der Waals surface area contributed by atoms with Crippen LogP contribution >= 0.6 is 0 Å². The molecule has 0 amide bonds. The Kier molecular flexibility index (Phi) is 2.91. The average molecular weight is 250 g/mol. The number of aliphatic carboxylic acids is 1. The lowest BCUT2D eigenvalue weighted by Crippen LogP contribution is -2.32. The highest BCUT2D eigenvalue weighted by Crippen LogP contribution is 2.65. The number of carboxylic acids is 1. The zero-order valence-electron chi connectivity index (χ0n) is 11.6. The molecule has 3 nitrogen and oxygen atoms in total. The summed E-state index contributed by atoms with van der Waals surface area (Å²) in [6.45, 7) is 8.18. The van der Waals surface area contributed by atoms with E-state index in [1.165, 1.54) is 0 Å². The van der Waals surface area contributed by atoms with Gasteiger partial charge in [-0.3, -0.25) is 9.59 Å². The minimum atomic E-state index is -0.830. The van der Waals surface area contributed by atoms with E-state index in [0.717, 1.165) is 18.4 Å². The Balaban J connectivity index is 2.41. The Hall–Kier alpha value is -1.12. The molecule has 0 saturated heterocycles. The summed E-state index contributed by atoms with van der Waals surface area (Å²) in [6.07, 6.45) is 4.21. The number of carbonyl (C=O) groups is 2. The van der Waals surface area contributed by atoms with Gasteiger partial charge >= 0.3 is 5.97 Å². The van der Waals surface area contributed by atoms with Crippen molar-refractivity contribution in [3.63, 3.8) is 0 Å². The summed E-state index contributed by atoms with van der Waals surface area (Å²) < 4.78 is 0. The predicted octanol–water partition coefficient (Wildman–Crippen LogP) is 3.05. The van der Waals surface area contributed by atoms with Crippen molar-refractivity contribution in [2.75, 3.05) is 0 Å². The second-order valence-electron chi connectivity index (χ2n) is 6.45. The van der Waals surface area contributed by atoms with Crippen LogP contribution in [-0.2, 0) is 9.59 Å². The maximum Gasteiger partial charge on any atom is 0.310 e. The van der Waals surface area contributed by atoms with Crippen LogP contribution in [0.4, 0.5) is 0 Å². The average Bonchev–Trinajstić information content (AvgIpc) is 2.59. The molecule has 18 heavy (non-hydrogen) atoms. The lowest BCUT2D eigenvalue weighted by atomic mass is 9.70. The summed E-state index contributed by atoms with van der Waals surface area (Å²) >= 11 is 0. The van der Waals surface area contributed by atoms with Crippen LogP contribution in [0.15, 0.2) is 11.6 Å². The molecule has 0 aromatic heterocycles. The van der Waals surface area contributed by atoms with Gasteiger partial charge in [-0.2, -0.15) is 0 Å². The molecule has 1 N–H and O–H groups in total. The maximum atomic E-state index is 12.5. The van der Waals surface area contributed by atoms with Gasteiger partial charge in [-0.15, -0.1) is 0 Å². The van der Waals surface area contributed by atoms with Gasteiger partial charge in [0.05, 0.1) is 5.92 Å². The second-order valence-corrected chi connectivity index (χ2v) is 6.45. The van der Waals surface area contributed by atoms with E-state index in [9.17, 15) is 9.59 Å². The summed E-state index contributed by atoms with van der Waals surface area (Å²) in [5.41, 5.74) is 0.454. The van der Waals surface area contributed by atoms with Crippen molar-refractivity contribution in [3.8, 4) is 0 Å². The first-order valence-electron chi connectivity index (χ1n) is 6.75. The number of rotatable bonds is 3. The molecule has 2 saturated carbocycles. The van der Waals surface area contributed by atoms with E-state index in [2.05, 4.69) is 13.8 Å². The molecule has 100 valence electrons. The number of ketones is 1. The monoisotopic (exact) mass is 250 g/mol. The van der Waals surface area contributed by atoms with Crippen LogP contribution in [0.5, 0.6) is 0 Å². The van der Waals surface area contributed by atoms with E-state index in [-0.39, 0.29) is 22.5 Å². The van der Waals surface area contributed by atoms with Crippen LogP contribution in [0.3, 0.4) is 0 Å². The van der Waals surface area contributed by atoms with E-state index in [1.54, 1.807) is 6.08 Å². The molecule has 0 radical (unpaired) electrons. The molecule has 3 atom stereocenters. The zero-order valence-corrected chi connectivity index (χ0v) is 11.6. The lowest BCUT2D eigenvalue weighted by molar-refractivity contribution is -0.140. The summed E-state index contributed by atoms with van der Waals surface area (Å²) in [4.78, 5) is 23.6. The standard InChI is InChI=1S/C15H22O3/c1-5-9(13(17)18)8-10-11-6-7-15(4,12(10)16)14(11,2)3/h8-9,11H,5-7H2,1-4H3,(H,17,18)/b10-8-/t9-,11+,15+/m1/s1. The SMILES string of the molecule is CC[C@H](/C=C1\C(=O)[C@]2(C)CC[C@@H]1C2(C)C)C(=O)O. The largest absolute Gasteiger partial charge is 0.481 e. The fourth-order valence-electron chi connectivity index (χ4n) is 3.70. The molecule has 2 aliphatic rings. The third kappa shape index (κ3) is 1.49. The third-order valence-electron chi connectivity index (χ3n) is 5.50. The predicted molar refractivity (Wildman–Crippen MR) is 69.1 cm³/mol. The Bertz CT molecular complexity index is 433. The normalized spacial score (nSPS) is 37.2. The van der Waals surface area contributed by atoms with Crippen molar-refractivity contribution < 1.29 is 14.7 Å². The smallest absolute Gasteiger partial charge is 0.310 e. The fourth-order valence-corrected chi connectivity index (χ4v) is 3.70. The molecule has 2 bridgehead atoms. The highest BCUT2D eigenvalue weighted by atomic mass is 16.4. The van der Waals surface area contributed by atoms with Crippen molar-refractivity contribution in [2.45, 2.75) is 47.0 Å². The molecule has 0 aromatic carbocycles. The molecule has 0 unspecified atom stereocenters. The molecule has 0 spiro atoms. The molecule has 0 aromatic rings. The van der Waals surface area contributed by atoms with E-state index >= 15 is 0 Å². The topological polar surface area (TPSA) is 54.4 Å². The van der Waals surface area contributed by atoms with Gasteiger partial charge in [0, 0.05) is 5.41 Å². The van der Waals surface area contributed by atoms with Crippen molar-refractivity contribution in [3.05, 3.63) is 11.6 Å². The van der Waals surface area contributed by atoms with Gasteiger partial charge in [-0.05, 0) is 36.2 Å². The first kappa shape index (κ1) is 13.3. The molecular weight excluding hydrogens is 228 g/mol. The van der Waals surface area contributed by atoms with E-state index in [1.807, 2.05) is 13.8 Å². The number of carbonyl (C=O) groups excluding carboxylic acids is 1. The van der Waals surface area contributed by atoms with Crippen LogP contribution in [0.25, 0.3) is 0 Å². The molecule has 2 rings (SSSR count). The Labute approximate surface area is 108 Å². The summed E-state index contributed by atoms with van der Waals surface area (Å²) in [7, 11) is 0. The van der Waals surface area contributed by atoms with Crippen LogP contribution < -0.4 is 0 Å². The number of hydrogen-bond acceptors (Lipinski definition) is 2. The summed E-state index contributed by atoms with van der Waals surface area (Å²) in [6, 6.07) is 0. The minimum Gasteiger partial charge on any atom is -0.481 e. The maximum absolute atomic E-state index is 12.5. The van der Waals surface area contributed by atoms with Crippen molar-refractivity contribution in [2.24, 2.45) is 22.7 Å². The molecular formula is C15H22O3. The molecule has 3 heteroatoms. The number of fused-ring (bicyclic) bond motifs is 2. The van der Waals surface area contributed by atoms with Gasteiger partial charge in [-0.1, -0.05) is 33.8 Å². The van der Waals surface area contributed by atoms with Gasteiger partial charge < -0.3 is 5.11 Å². The number of Topliss-reactive ketones (excluding diaryl/α,β-unsaturated/α-hetero) is 1. The van der Waals surface area contributed by atoms with E-state index < -0.39 is 11.9 Å². The number of hydrogen-bond donors (Lipinski definition) is 1. The van der Waals surface area contributed by atoms with Crippen molar-refractivity contribution >= 4 is 11.8 Å². The Morgan fingerprint density at radius 2 is 2.11 bits per heavy atom. The number of allylic oxidation sites excluding steroid dienone is 1. The fraction of sp³-hybridized carbons (Fsp3) is 0.733. The quantitative estimate of drug-likeness (QED) is 0.783. The van der Waals surface area contributed by atoms with Crippen LogP contribution in [0.2, 0.25) is 0 Å². The van der Waals surface area contributed by atoms with E-state index in [0.29, 0.717) is 6.42 Å². The van der Waals surface area contributed by atoms with Gasteiger partial charge in [0.15, 0.2) is 5.78 Å². The van der Waals surface area contributed by atoms with Crippen molar-refractivity contribution in [1.29, 1.82) is 0 Å². The van der Waals surface area contributed by atoms with E-state index in [4.69, 9.17) is 5.11 Å². The highest BCUT2D eigenvalue weighted by Gasteiger charge is 2.63. The minimum absolute atomic E-state index is 0.0350. The van der Waals surface area contributed by atoms with Crippen LogP contribution in [-0.4, -0.2) is 16.9 Å². The second kappa shape index (κ2) is 3.94. The lowest BCUT2D eigenvalue weighted by Gasteiger charge is -2.31. The third-order valence-corrected chi connectivity index (χ3v) is 5.50. The molecule has 2 fully saturated rings. The van der Waals surface area contributed by atoms with Crippen LogP contribution in [0, 0.1) is 22.7 Å². The Morgan fingerprint density at radius 1 is 1.50 bits per heavy atom. The summed E-state index contributed by atoms with van der Waals surface area (Å²) in [5.74, 6) is -0.932. The molecule has 0 aliphatic heterocycles. The van der Waals surface area contributed by atoms with Gasteiger partial charge in [-0.25, -0.2) is 0 Å². The van der Waals surface area contributed by atoms with Crippen LogP contribution in [0.1, 0.15) is 47.0 Å². The highest BCUT2D eigenvalue weighted by molar-refractivity contribution is 6.05. The van der Waals surface area contributed by atoms with Gasteiger partial charge in [0.25, 0.3) is 0 Å². The molecule has 0 heterocycles. The zero-order chi connectivity index (χ0) is 13.7. The number of carboxylic acid groups (broad SMARTS) is 1. The van der Waals surface area contributed by atoms with Gasteiger partial charge in [0.1, 0.15) is 0 Å². The first-order valence-corrected chi connectivity index (χ1v) is 6.75.